The quantitative estimate of drug-likeness (QED) is 0.848. The smallest absolute Gasteiger partial charge is 0.251 e. The number of fused-ring (bicyclic) bond motifs is 1. The van der Waals surface area contributed by atoms with E-state index < -0.39 is 0 Å². The van der Waals surface area contributed by atoms with Gasteiger partial charge in [-0.15, -0.1) is 0 Å². The van der Waals surface area contributed by atoms with Gasteiger partial charge < -0.3 is 10.4 Å². The van der Waals surface area contributed by atoms with Crippen molar-refractivity contribution in [1.29, 1.82) is 0 Å². The summed E-state index contributed by atoms with van der Waals surface area (Å²) in [5.41, 5.74) is 2.49. The second-order valence-corrected chi connectivity index (χ2v) is 5.50. The lowest BCUT2D eigenvalue weighted by Gasteiger charge is -2.13. The molecule has 0 saturated heterocycles. The number of nitrogens with one attached hydrogen (secondary N) is 1. The Morgan fingerprint density at radius 1 is 1.33 bits per heavy atom. The van der Waals surface area contributed by atoms with Crippen LogP contribution in [0.2, 0.25) is 0 Å². The molecule has 4 nitrogen and oxygen atoms in total. The maximum Gasteiger partial charge on any atom is 0.251 e. The summed E-state index contributed by atoms with van der Waals surface area (Å²) in [6.45, 7) is 2.08. The Labute approximate surface area is 123 Å². The molecule has 0 radical (unpaired) electrons. The van der Waals surface area contributed by atoms with Crippen LogP contribution < -0.4 is 5.32 Å². The van der Waals surface area contributed by atoms with E-state index in [1.165, 1.54) is 0 Å². The number of hydrogen-bond acceptors (Lipinski definition) is 3. The second-order valence-electron chi connectivity index (χ2n) is 5.50. The Bertz CT molecular complexity index is 709. The molecule has 0 saturated carbocycles. The number of amides is 1. The van der Waals surface area contributed by atoms with Gasteiger partial charge >= 0.3 is 0 Å². The summed E-state index contributed by atoms with van der Waals surface area (Å²) in [4.78, 5) is 16.7. The maximum atomic E-state index is 12.3. The summed E-state index contributed by atoms with van der Waals surface area (Å²) in [5, 5.41) is 13.0. The zero-order chi connectivity index (χ0) is 14.8. The fourth-order valence-corrected chi connectivity index (χ4v) is 2.64. The Balaban J connectivity index is 1.76. The predicted octanol–water partition coefficient (Wildman–Crippen LogP) is 2.21. The molecule has 1 aliphatic rings. The fourth-order valence-electron chi connectivity index (χ4n) is 2.64. The van der Waals surface area contributed by atoms with Crippen molar-refractivity contribution in [3.8, 4) is 0 Å². The molecule has 21 heavy (non-hydrogen) atoms. The van der Waals surface area contributed by atoms with E-state index in [0.29, 0.717) is 5.56 Å². The van der Waals surface area contributed by atoms with E-state index in [-0.39, 0.29) is 24.5 Å². The average molecular weight is 282 g/mol. The predicted molar refractivity (Wildman–Crippen MR) is 82.1 cm³/mol. The molecule has 2 N–H and O–H groups in total. The molecule has 1 aromatic heterocycles. The molecule has 0 aliphatic heterocycles. The number of carbonyl (C=O) groups is 1. The number of nitrogens with zero attached hydrogens (tertiary/aromatic N) is 1. The highest BCUT2D eigenvalue weighted by Crippen LogP contribution is 2.19. The Hall–Kier alpha value is -2.20. The third-order valence-electron chi connectivity index (χ3n) is 3.81. The number of pyridine rings is 1. The zero-order valence-electron chi connectivity index (χ0n) is 11.9. The number of aliphatic hydroxyl groups excluding tert-OH is 1. The van der Waals surface area contributed by atoms with Gasteiger partial charge in [0.2, 0.25) is 0 Å². The monoisotopic (exact) mass is 282 g/mol. The van der Waals surface area contributed by atoms with E-state index in [1.807, 2.05) is 43.3 Å². The molecule has 1 amide bonds. The first-order valence-corrected chi connectivity index (χ1v) is 7.13. The molecule has 2 aromatic rings. The number of rotatable bonds is 3. The minimum atomic E-state index is -0.0919. The van der Waals surface area contributed by atoms with Crippen LogP contribution in [0.15, 0.2) is 42.5 Å². The van der Waals surface area contributed by atoms with Crippen molar-refractivity contribution in [3.05, 3.63) is 53.7 Å². The lowest BCUT2D eigenvalue weighted by molar-refractivity contribution is 0.0941. The SMILES string of the molecule is Cc1ccc2cc(C(=O)N[C@@H]3C=C[C@H](CO)C3)ccc2n1. The second kappa shape index (κ2) is 5.66. The number of aromatic nitrogens is 1. The van der Waals surface area contributed by atoms with Gasteiger partial charge in [-0.25, -0.2) is 0 Å². The molecule has 4 heteroatoms. The topological polar surface area (TPSA) is 62.2 Å². The third kappa shape index (κ3) is 2.95. The van der Waals surface area contributed by atoms with Gasteiger partial charge in [-0.3, -0.25) is 9.78 Å². The highest BCUT2D eigenvalue weighted by molar-refractivity contribution is 5.98. The van der Waals surface area contributed by atoms with Gasteiger partial charge in [0.25, 0.3) is 5.91 Å². The van der Waals surface area contributed by atoms with Gasteiger partial charge in [0.1, 0.15) is 0 Å². The van der Waals surface area contributed by atoms with Crippen LogP contribution in [0, 0.1) is 12.8 Å². The number of carbonyl (C=O) groups excluding carboxylic acids is 1. The molecule has 108 valence electrons. The molecule has 1 heterocycles. The first-order valence-electron chi connectivity index (χ1n) is 7.13. The largest absolute Gasteiger partial charge is 0.396 e. The van der Waals surface area contributed by atoms with Gasteiger partial charge in [0.05, 0.1) is 5.52 Å². The van der Waals surface area contributed by atoms with Crippen molar-refractivity contribution in [1.82, 2.24) is 10.3 Å². The van der Waals surface area contributed by atoms with Crippen molar-refractivity contribution in [3.63, 3.8) is 0 Å². The number of benzene rings is 1. The van der Waals surface area contributed by atoms with Crippen LogP contribution in [0.5, 0.6) is 0 Å². The molecule has 0 spiro atoms. The van der Waals surface area contributed by atoms with E-state index >= 15 is 0 Å². The van der Waals surface area contributed by atoms with Crippen molar-refractivity contribution < 1.29 is 9.90 Å². The van der Waals surface area contributed by atoms with E-state index in [4.69, 9.17) is 5.11 Å². The molecule has 0 fully saturated rings. The fraction of sp³-hybridized carbons (Fsp3) is 0.294. The van der Waals surface area contributed by atoms with Crippen molar-refractivity contribution in [2.24, 2.45) is 5.92 Å². The summed E-state index contributed by atoms with van der Waals surface area (Å²) in [7, 11) is 0. The summed E-state index contributed by atoms with van der Waals surface area (Å²) in [6, 6.07) is 9.45. The molecule has 1 aliphatic carbocycles. The minimum absolute atomic E-state index is 0.00138. The average Bonchev–Trinajstić information content (AvgIpc) is 2.94. The van der Waals surface area contributed by atoms with Crippen LogP contribution in [-0.4, -0.2) is 28.6 Å². The van der Waals surface area contributed by atoms with E-state index in [9.17, 15) is 4.79 Å². The van der Waals surface area contributed by atoms with E-state index in [1.54, 1.807) is 6.07 Å². The highest BCUT2D eigenvalue weighted by atomic mass is 16.3. The van der Waals surface area contributed by atoms with Gasteiger partial charge in [-0.2, -0.15) is 0 Å². The van der Waals surface area contributed by atoms with E-state index in [0.717, 1.165) is 23.0 Å². The van der Waals surface area contributed by atoms with Crippen LogP contribution >= 0.6 is 0 Å². The normalized spacial score (nSPS) is 20.9. The molecule has 2 atom stereocenters. The first-order chi connectivity index (χ1) is 10.2. The molecular formula is C17H18N2O2. The Kier molecular flexibility index (Phi) is 3.71. The number of hydrogen-bond donors (Lipinski definition) is 2. The molecule has 1 aromatic carbocycles. The lowest BCUT2D eigenvalue weighted by Crippen LogP contribution is -2.32. The molecule has 0 bridgehead atoms. The van der Waals surface area contributed by atoms with Crippen LogP contribution in [0.3, 0.4) is 0 Å². The third-order valence-corrected chi connectivity index (χ3v) is 3.81. The van der Waals surface area contributed by atoms with Crippen molar-refractivity contribution >= 4 is 16.8 Å². The molecule has 0 unspecified atom stereocenters. The van der Waals surface area contributed by atoms with Gasteiger partial charge in [0.15, 0.2) is 0 Å². The summed E-state index contributed by atoms with van der Waals surface area (Å²) in [5.74, 6) is 0.0600. The summed E-state index contributed by atoms with van der Waals surface area (Å²) < 4.78 is 0. The maximum absolute atomic E-state index is 12.3. The Morgan fingerprint density at radius 2 is 2.19 bits per heavy atom. The summed E-state index contributed by atoms with van der Waals surface area (Å²) >= 11 is 0. The van der Waals surface area contributed by atoms with E-state index in [2.05, 4.69) is 10.3 Å². The van der Waals surface area contributed by atoms with Crippen molar-refractivity contribution in [2.75, 3.05) is 6.61 Å². The zero-order valence-corrected chi connectivity index (χ0v) is 11.9. The minimum Gasteiger partial charge on any atom is -0.396 e. The number of aryl methyl sites for hydroxylation is 1. The Morgan fingerprint density at radius 3 is 2.95 bits per heavy atom. The lowest BCUT2D eigenvalue weighted by atomic mass is 10.1. The summed E-state index contributed by atoms with van der Waals surface area (Å²) in [6.07, 6.45) is 4.67. The van der Waals surface area contributed by atoms with Crippen LogP contribution in [0.25, 0.3) is 10.9 Å². The number of aliphatic hydroxyl groups is 1. The van der Waals surface area contributed by atoms with Crippen LogP contribution in [0.1, 0.15) is 22.5 Å². The standard InChI is InChI=1S/C17H18N2O2/c1-11-2-4-13-9-14(5-7-16(13)18-11)17(21)19-15-6-3-12(8-15)10-20/h2-7,9,12,15,20H,8,10H2,1H3,(H,19,21)/t12-,15+/m0/s1. The van der Waals surface area contributed by atoms with Gasteiger partial charge in [-0.05, 0) is 37.6 Å². The van der Waals surface area contributed by atoms with Crippen LogP contribution in [0.4, 0.5) is 0 Å². The molecular weight excluding hydrogens is 264 g/mol. The van der Waals surface area contributed by atoms with Crippen LogP contribution in [-0.2, 0) is 0 Å². The first kappa shape index (κ1) is 13.8. The van der Waals surface area contributed by atoms with Gasteiger partial charge in [-0.1, -0.05) is 18.2 Å². The molecule has 3 rings (SSSR count). The highest BCUT2D eigenvalue weighted by Gasteiger charge is 2.20. The van der Waals surface area contributed by atoms with Gasteiger partial charge in [0, 0.05) is 35.2 Å². The van der Waals surface area contributed by atoms with Crippen molar-refractivity contribution in [2.45, 2.75) is 19.4 Å².